The molecule has 1 aliphatic rings. The summed E-state index contributed by atoms with van der Waals surface area (Å²) >= 11 is 0. The second-order valence-electron chi connectivity index (χ2n) is 5.06. The van der Waals surface area contributed by atoms with Crippen LogP contribution in [0.1, 0.15) is 25.1 Å². The summed E-state index contributed by atoms with van der Waals surface area (Å²) in [7, 11) is 0. The van der Waals surface area contributed by atoms with Crippen molar-refractivity contribution < 1.29 is 9.26 Å². The maximum absolute atomic E-state index is 6.18. The van der Waals surface area contributed by atoms with Crippen LogP contribution in [0.5, 0.6) is 5.75 Å². The van der Waals surface area contributed by atoms with Crippen LogP contribution in [0.25, 0.3) is 11.5 Å². The molecule has 0 saturated heterocycles. The standard InChI is InChI=1S/C15H17N3O2.ClH/c1-2-10-19-12-6-4-11(5-7-12)13-17-14(18-20-13)15(16)8-3-9-15;/h2,4-7H,1,3,8-10,16H2;1H. The maximum atomic E-state index is 6.18. The monoisotopic (exact) mass is 307 g/mol. The molecule has 1 aromatic heterocycles. The van der Waals surface area contributed by atoms with E-state index in [9.17, 15) is 0 Å². The van der Waals surface area contributed by atoms with Gasteiger partial charge in [-0.2, -0.15) is 4.98 Å². The lowest BCUT2D eigenvalue weighted by molar-refractivity contribution is 0.229. The van der Waals surface area contributed by atoms with E-state index in [0.29, 0.717) is 18.3 Å². The Morgan fingerprint density at radius 1 is 1.33 bits per heavy atom. The van der Waals surface area contributed by atoms with Gasteiger partial charge < -0.3 is 15.0 Å². The molecule has 0 spiro atoms. The summed E-state index contributed by atoms with van der Waals surface area (Å²) < 4.78 is 10.7. The molecule has 3 rings (SSSR count). The number of ether oxygens (including phenoxy) is 1. The van der Waals surface area contributed by atoms with Gasteiger partial charge in [-0.15, -0.1) is 12.4 Å². The summed E-state index contributed by atoms with van der Waals surface area (Å²) in [6.45, 7) is 4.10. The molecule has 0 atom stereocenters. The van der Waals surface area contributed by atoms with E-state index >= 15 is 0 Å². The third-order valence-electron chi connectivity index (χ3n) is 3.59. The van der Waals surface area contributed by atoms with Gasteiger partial charge in [0.15, 0.2) is 5.82 Å². The number of rotatable bonds is 5. The molecule has 112 valence electrons. The lowest BCUT2D eigenvalue weighted by Gasteiger charge is -2.34. The lowest BCUT2D eigenvalue weighted by Crippen LogP contribution is -2.44. The maximum Gasteiger partial charge on any atom is 0.257 e. The molecular formula is C15H18ClN3O2. The fourth-order valence-corrected chi connectivity index (χ4v) is 2.17. The van der Waals surface area contributed by atoms with Crippen LogP contribution in [0.2, 0.25) is 0 Å². The highest BCUT2D eigenvalue weighted by molar-refractivity contribution is 5.85. The van der Waals surface area contributed by atoms with Crippen LogP contribution in [0, 0.1) is 0 Å². The van der Waals surface area contributed by atoms with Crippen molar-refractivity contribution in [1.29, 1.82) is 0 Å². The third-order valence-corrected chi connectivity index (χ3v) is 3.59. The molecular weight excluding hydrogens is 290 g/mol. The zero-order valence-electron chi connectivity index (χ0n) is 11.6. The molecule has 0 aliphatic heterocycles. The average Bonchev–Trinajstić information content (AvgIpc) is 2.93. The van der Waals surface area contributed by atoms with Crippen molar-refractivity contribution >= 4 is 12.4 Å². The number of halogens is 1. The number of nitrogens with zero attached hydrogens (tertiary/aromatic N) is 2. The van der Waals surface area contributed by atoms with E-state index in [-0.39, 0.29) is 12.4 Å². The fourth-order valence-electron chi connectivity index (χ4n) is 2.17. The molecule has 1 heterocycles. The fraction of sp³-hybridized carbons (Fsp3) is 0.333. The van der Waals surface area contributed by atoms with Crippen LogP contribution in [-0.4, -0.2) is 16.7 Å². The van der Waals surface area contributed by atoms with Crippen molar-refractivity contribution in [2.45, 2.75) is 24.8 Å². The molecule has 0 radical (unpaired) electrons. The second-order valence-corrected chi connectivity index (χ2v) is 5.06. The summed E-state index contributed by atoms with van der Waals surface area (Å²) in [5, 5.41) is 4.00. The van der Waals surface area contributed by atoms with Gasteiger partial charge in [0.05, 0.1) is 5.54 Å². The van der Waals surface area contributed by atoms with Crippen molar-refractivity contribution in [3.63, 3.8) is 0 Å². The summed E-state index contributed by atoms with van der Waals surface area (Å²) in [6, 6.07) is 7.51. The van der Waals surface area contributed by atoms with Gasteiger partial charge in [0.2, 0.25) is 0 Å². The van der Waals surface area contributed by atoms with Gasteiger partial charge in [0.1, 0.15) is 12.4 Å². The largest absolute Gasteiger partial charge is 0.490 e. The summed E-state index contributed by atoms with van der Waals surface area (Å²) in [5.41, 5.74) is 6.64. The Balaban J connectivity index is 0.00000161. The van der Waals surface area contributed by atoms with Crippen molar-refractivity contribution in [3.05, 3.63) is 42.7 Å². The lowest BCUT2D eigenvalue weighted by atomic mass is 9.77. The Kier molecular flexibility index (Phi) is 4.65. The molecule has 21 heavy (non-hydrogen) atoms. The highest BCUT2D eigenvalue weighted by Crippen LogP contribution is 2.37. The van der Waals surface area contributed by atoms with Crippen LogP contribution in [0.4, 0.5) is 0 Å². The number of aromatic nitrogens is 2. The molecule has 6 heteroatoms. The van der Waals surface area contributed by atoms with E-state index in [1.54, 1.807) is 6.08 Å². The van der Waals surface area contributed by atoms with E-state index < -0.39 is 5.54 Å². The Morgan fingerprint density at radius 2 is 2.05 bits per heavy atom. The number of hydrogen-bond acceptors (Lipinski definition) is 5. The average molecular weight is 308 g/mol. The minimum atomic E-state index is -0.394. The summed E-state index contributed by atoms with van der Waals surface area (Å²) in [6.07, 6.45) is 4.66. The van der Waals surface area contributed by atoms with Crippen molar-refractivity contribution in [2.75, 3.05) is 6.61 Å². The van der Waals surface area contributed by atoms with Crippen LogP contribution < -0.4 is 10.5 Å². The highest BCUT2D eigenvalue weighted by Gasteiger charge is 2.39. The molecule has 2 N–H and O–H groups in total. The Bertz CT molecular complexity index is 606. The molecule has 2 aromatic rings. The van der Waals surface area contributed by atoms with Gasteiger partial charge in [-0.1, -0.05) is 17.8 Å². The van der Waals surface area contributed by atoms with E-state index in [4.69, 9.17) is 15.0 Å². The summed E-state index contributed by atoms with van der Waals surface area (Å²) in [4.78, 5) is 4.41. The Morgan fingerprint density at radius 3 is 2.62 bits per heavy atom. The quantitative estimate of drug-likeness (QED) is 0.859. The number of benzene rings is 1. The van der Waals surface area contributed by atoms with Gasteiger partial charge in [-0.25, -0.2) is 0 Å². The first-order chi connectivity index (χ1) is 9.71. The zero-order chi connectivity index (χ0) is 14.0. The SMILES string of the molecule is C=CCOc1ccc(-c2nc(C3(N)CCC3)no2)cc1.Cl. The van der Waals surface area contributed by atoms with E-state index in [1.807, 2.05) is 24.3 Å². The molecule has 0 amide bonds. The van der Waals surface area contributed by atoms with E-state index in [0.717, 1.165) is 30.6 Å². The van der Waals surface area contributed by atoms with E-state index in [1.165, 1.54) is 0 Å². The molecule has 1 aromatic carbocycles. The first-order valence-corrected chi connectivity index (χ1v) is 6.68. The molecule has 1 fully saturated rings. The number of hydrogen-bond donors (Lipinski definition) is 1. The van der Waals surface area contributed by atoms with Crippen molar-refractivity contribution in [1.82, 2.24) is 10.1 Å². The zero-order valence-corrected chi connectivity index (χ0v) is 12.4. The molecule has 0 bridgehead atoms. The topological polar surface area (TPSA) is 74.2 Å². The number of nitrogens with two attached hydrogens (primary N) is 1. The first kappa shape index (κ1) is 15.5. The van der Waals surface area contributed by atoms with E-state index in [2.05, 4.69) is 16.7 Å². The Hall–Kier alpha value is -1.85. The van der Waals surface area contributed by atoms with Crippen molar-refractivity contribution in [2.24, 2.45) is 5.73 Å². The first-order valence-electron chi connectivity index (χ1n) is 6.68. The minimum Gasteiger partial charge on any atom is -0.490 e. The molecule has 0 unspecified atom stereocenters. The minimum absolute atomic E-state index is 0. The van der Waals surface area contributed by atoms with Gasteiger partial charge in [-0.3, -0.25) is 0 Å². The molecule has 1 saturated carbocycles. The van der Waals surface area contributed by atoms with Crippen LogP contribution in [0.3, 0.4) is 0 Å². The summed E-state index contributed by atoms with van der Waals surface area (Å²) in [5.74, 6) is 1.88. The second kappa shape index (κ2) is 6.28. The molecule has 5 nitrogen and oxygen atoms in total. The van der Waals surface area contributed by atoms with Crippen LogP contribution >= 0.6 is 12.4 Å². The van der Waals surface area contributed by atoms with Gasteiger partial charge in [0, 0.05) is 5.56 Å². The van der Waals surface area contributed by atoms with Gasteiger partial charge >= 0.3 is 0 Å². The third kappa shape index (κ3) is 3.09. The molecule has 1 aliphatic carbocycles. The van der Waals surface area contributed by atoms with Gasteiger partial charge in [-0.05, 0) is 43.5 Å². The van der Waals surface area contributed by atoms with Crippen LogP contribution in [-0.2, 0) is 5.54 Å². The van der Waals surface area contributed by atoms with Gasteiger partial charge in [0.25, 0.3) is 5.89 Å². The smallest absolute Gasteiger partial charge is 0.257 e. The normalized spacial score (nSPS) is 15.7. The van der Waals surface area contributed by atoms with Crippen LogP contribution in [0.15, 0.2) is 41.4 Å². The predicted octanol–water partition coefficient (Wildman–Crippen LogP) is 3.06. The Labute approximate surface area is 129 Å². The highest BCUT2D eigenvalue weighted by atomic mass is 35.5. The van der Waals surface area contributed by atoms with Crippen molar-refractivity contribution in [3.8, 4) is 17.2 Å². The predicted molar refractivity (Wildman–Crippen MR) is 82.4 cm³/mol.